The maximum Gasteiger partial charge on any atom is 0.262 e. The van der Waals surface area contributed by atoms with Crippen LogP contribution >= 0.6 is 23.2 Å². The largest absolute Gasteiger partial charge is 0.365 e. The number of amides is 1. The van der Waals surface area contributed by atoms with Crippen molar-refractivity contribution in [3.05, 3.63) is 58.1 Å². The number of anilines is 2. The SMILES string of the molecule is CN1CC(OCc2cc(Cl)ccc2Cl)(C(=O)N2CCN(C3CC3)c3ccccc32)C1. The van der Waals surface area contributed by atoms with Gasteiger partial charge in [-0.2, -0.15) is 0 Å². The zero-order valence-electron chi connectivity index (χ0n) is 17.0. The zero-order chi connectivity index (χ0) is 20.9. The van der Waals surface area contributed by atoms with E-state index < -0.39 is 5.60 Å². The fourth-order valence-corrected chi connectivity index (χ4v) is 4.96. The third-order valence-electron chi connectivity index (χ3n) is 6.23. The molecule has 2 aromatic rings. The molecule has 1 saturated heterocycles. The summed E-state index contributed by atoms with van der Waals surface area (Å²) < 4.78 is 6.29. The highest BCUT2D eigenvalue weighted by Crippen LogP contribution is 2.41. The Labute approximate surface area is 187 Å². The Hall–Kier alpha value is -1.79. The highest BCUT2D eigenvalue weighted by Gasteiger charge is 2.52. The Bertz CT molecular complexity index is 973. The number of benzene rings is 2. The predicted molar refractivity (Wildman–Crippen MR) is 121 cm³/mol. The van der Waals surface area contributed by atoms with Gasteiger partial charge in [0.15, 0.2) is 5.60 Å². The van der Waals surface area contributed by atoms with E-state index in [-0.39, 0.29) is 12.5 Å². The highest BCUT2D eigenvalue weighted by molar-refractivity contribution is 6.33. The van der Waals surface area contributed by atoms with Crippen LogP contribution < -0.4 is 9.80 Å². The van der Waals surface area contributed by atoms with E-state index in [0.717, 1.165) is 23.5 Å². The maximum atomic E-state index is 13.8. The lowest BCUT2D eigenvalue weighted by atomic mass is 9.91. The van der Waals surface area contributed by atoms with Crippen molar-refractivity contribution in [1.29, 1.82) is 0 Å². The summed E-state index contributed by atoms with van der Waals surface area (Å²) in [6.45, 7) is 2.92. The minimum absolute atomic E-state index is 0.0293. The first-order chi connectivity index (χ1) is 14.5. The fourth-order valence-electron chi connectivity index (χ4n) is 4.59. The molecular weight excluding hydrogens is 421 g/mol. The van der Waals surface area contributed by atoms with Gasteiger partial charge in [0.1, 0.15) is 0 Å². The van der Waals surface area contributed by atoms with Crippen LogP contribution in [0.3, 0.4) is 0 Å². The second-order valence-corrected chi connectivity index (χ2v) is 9.40. The first kappa shape index (κ1) is 20.1. The summed E-state index contributed by atoms with van der Waals surface area (Å²) in [5.74, 6) is 0.0293. The number of nitrogens with zero attached hydrogens (tertiary/aromatic N) is 3. The van der Waals surface area contributed by atoms with Gasteiger partial charge in [0.2, 0.25) is 0 Å². The van der Waals surface area contributed by atoms with Gasteiger partial charge in [-0.15, -0.1) is 0 Å². The van der Waals surface area contributed by atoms with Crippen molar-refractivity contribution in [2.75, 3.05) is 43.0 Å². The molecule has 0 bridgehead atoms. The van der Waals surface area contributed by atoms with Gasteiger partial charge >= 0.3 is 0 Å². The number of likely N-dealkylation sites (tertiary alicyclic amines) is 1. The van der Waals surface area contributed by atoms with E-state index >= 15 is 0 Å². The summed E-state index contributed by atoms with van der Waals surface area (Å²) in [5, 5.41) is 1.20. The number of rotatable bonds is 5. The molecule has 3 aliphatic rings. The molecule has 1 amide bonds. The summed E-state index contributed by atoms with van der Waals surface area (Å²) in [4.78, 5) is 20.2. The molecule has 1 aliphatic carbocycles. The van der Waals surface area contributed by atoms with E-state index in [1.807, 2.05) is 30.1 Å². The van der Waals surface area contributed by atoms with Gasteiger partial charge in [0.25, 0.3) is 5.91 Å². The molecule has 2 aliphatic heterocycles. The number of para-hydroxylation sites is 2. The van der Waals surface area contributed by atoms with Crippen LogP contribution in [0.15, 0.2) is 42.5 Å². The Kier molecular flexibility index (Phi) is 5.18. The van der Waals surface area contributed by atoms with Crippen LogP contribution in [0.25, 0.3) is 0 Å². The number of ether oxygens (including phenoxy) is 1. The van der Waals surface area contributed by atoms with Crippen molar-refractivity contribution in [3.63, 3.8) is 0 Å². The Morgan fingerprint density at radius 2 is 1.83 bits per heavy atom. The molecule has 30 heavy (non-hydrogen) atoms. The number of fused-ring (bicyclic) bond motifs is 1. The van der Waals surface area contributed by atoms with Crippen LogP contribution in [0, 0.1) is 0 Å². The summed E-state index contributed by atoms with van der Waals surface area (Å²) in [7, 11) is 2.00. The number of hydrogen-bond acceptors (Lipinski definition) is 4. The van der Waals surface area contributed by atoms with Crippen LogP contribution in [-0.2, 0) is 16.1 Å². The molecule has 0 radical (unpaired) electrons. The molecule has 0 N–H and O–H groups in total. The summed E-state index contributed by atoms with van der Waals surface area (Å²) in [6, 6.07) is 14.2. The van der Waals surface area contributed by atoms with Gasteiger partial charge in [-0.25, -0.2) is 0 Å². The summed E-state index contributed by atoms with van der Waals surface area (Å²) >= 11 is 12.4. The molecule has 2 aromatic carbocycles. The van der Waals surface area contributed by atoms with Crippen LogP contribution in [0.1, 0.15) is 18.4 Å². The molecule has 2 fully saturated rings. The van der Waals surface area contributed by atoms with Crippen molar-refractivity contribution in [2.24, 2.45) is 0 Å². The van der Waals surface area contributed by atoms with Crippen molar-refractivity contribution < 1.29 is 9.53 Å². The lowest BCUT2D eigenvalue weighted by Crippen LogP contribution is -2.70. The first-order valence-corrected chi connectivity index (χ1v) is 11.2. The highest BCUT2D eigenvalue weighted by atomic mass is 35.5. The molecule has 2 heterocycles. The van der Waals surface area contributed by atoms with E-state index in [2.05, 4.69) is 15.9 Å². The number of halogens is 2. The second-order valence-electron chi connectivity index (χ2n) is 8.56. The first-order valence-electron chi connectivity index (χ1n) is 10.4. The standard InChI is InChI=1S/C23H25Cl2N3O2/c1-26-14-23(15-26,30-13-16-12-17(24)6-9-19(16)25)22(29)28-11-10-27(18-7-8-18)20-4-2-3-5-21(20)28/h2-6,9,12,18H,7-8,10-11,13-15H2,1H3. The average molecular weight is 446 g/mol. The lowest BCUT2D eigenvalue weighted by Gasteiger charge is -2.50. The van der Waals surface area contributed by atoms with Gasteiger partial charge in [0.05, 0.1) is 18.0 Å². The van der Waals surface area contributed by atoms with Crippen LogP contribution in [0.5, 0.6) is 0 Å². The van der Waals surface area contributed by atoms with Crippen molar-refractivity contribution in [3.8, 4) is 0 Å². The molecular formula is C23H25Cl2N3O2. The molecule has 1 saturated carbocycles. The third-order valence-corrected chi connectivity index (χ3v) is 6.84. The smallest absolute Gasteiger partial charge is 0.262 e. The number of hydrogen-bond donors (Lipinski definition) is 0. The van der Waals surface area contributed by atoms with E-state index in [4.69, 9.17) is 27.9 Å². The van der Waals surface area contributed by atoms with Gasteiger partial charge < -0.3 is 14.5 Å². The van der Waals surface area contributed by atoms with Crippen molar-refractivity contribution in [2.45, 2.75) is 31.1 Å². The summed E-state index contributed by atoms with van der Waals surface area (Å²) in [5.41, 5.74) is 2.07. The fraction of sp³-hybridized carbons (Fsp3) is 0.435. The van der Waals surface area contributed by atoms with Crippen LogP contribution in [-0.4, -0.2) is 55.7 Å². The topological polar surface area (TPSA) is 36.0 Å². The third kappa shape index (κ3) is 3.58. The molecule has 5 nitrogen and oxygen atoms in total. The minimum atomic E-state index is -0.866. The van der Waals surface area contributed by atoms with Crippen molar-refractivity contribution >= 4 is 40.5 Å². The van der Waals surface area contributed by atoms with E-state index in [1.54, 1.807) is 18.2 Å². The van der Waals surface area contributed by atoms with Gasteiger partial charge in [-0.1, -0.05) is 35.3 Å². The molecule has 0 spiro atoms. The van der Waals surface area contributed by atoms with E-state index in [9.17, 15) is 4.79 Å². The normalized spacial score (nSPS) is 20.6. The Morgan fingerprint density at radius 1 is 1.10 bits per heavy atom. The molecule has 7 heteroatoms. The van der Waals surface area contributed by atoms with Crippen LogP contribution in [0.2, 0.25) is 10.0 Å². The Morgan fingerprint density at radius 3 is 2.53 bits per heavy atom. The lowest BCUT2D eigenvalue weighted by molar-refractivity contribution is -0.171. The maximum absolute atomic E-state index is 13.8. The van der Waals surface area contributed by atoms with Gasteiger partial charge in [-0.3, -0.25) is 9.69 Å². The zero-order valence-corrected chi connectivity index (χ0v) is 18.5. The monoisotopic (exact) mass is 445 g/mol. The van der Waals surface area contributed by atoms with Gasteiger partial charge in [0, 0.05) is 42.3 Å². The van der Waals surface area contributed by atoms with Gasteiger partial charge in [-0.05, 0) is 55.8 Å². The molecule has 158 valence electrons. The molecule has 0 unspecified atom stereocenters. The predicted octanol–water partition coefficient (Wildman–Crippen LogP) is 4.21. The van der Waals surface area contributed by atoms with Crippen molar-refractivity contribution in [1.82, 2.24) is 4.90 Å². The summed E-state index contributed by atoms with van der Waals surface area (Å²) in [6.07, 6.45) is 2.47. The van der Waals surface area contributed by atoms with E-state index in [0.29, 0.717) is 35.7 Å². The second kappa shape index (κ2) is 7.72. The number of carbonyl (C=O) groups excluding carboxylic acids is 1. The Balaban J connectivity index is 1.40. The van der Waals surface area contributed by atoms with E-state index in [1.165, 1.54) is 12.8 Å². The average Bonchev–Trinajstić information content (AvgIpc) is 3.56. The minimum Gasteiger partial charge on any atom is -0.365 e. The number of carbonyl (C=O) groups is 1. The number of likely N-dealkylation sites (N-methyl/N-ethyl adjacent to an activating group) is 1. The van der Waals surface area contributed by atoms with Crippen LogP contribution in [0.4, 0.5) is 11.4 Å². The molecule has 0 aromatic heterocycles. The quantitative estimate of drug-likeness (QED) is 0.690. The molecule has 0 atom stereocenters. The molecule has 5 rings (SSSR count).